The van der Waals surface area contributed by atoms with Crippen molar-refractivity contribution >= 4 is 17.5 Å². The van der Waals surface area contributed by atoms with Gasteiger partial charge in [0, 0.05) is 25.3 Å². The van der Waals surface area contributed by atoms with Crippen LogP contribution in [0.1, 0.15) is 29.6 Å². The first kappa shape index (κ1) is 18.8. The van der Waals surface area contributed by atoms with E-state index in [1.54, 1.807) is 38.4 Å². The van der Waals surface area contributed by atoms with E-state index in [2.05, 4.69) is 10.2 Å². The number of hydrogen-bond donors (Lipinski definition) is 1. The minimum absolute atomic E-state index is 0.0901. The molecule has 0 radical (unpaired) electrons. The molecule has 26 heavy (non-hydrogen) atoms. The van der Waals surface area contributed by atoms with E-state index in [0.717, 1.165) is 25.8 Å². The zero-order valence-corrected chi connectivity index (χ0v) is 15.4. The largest absolute Gasteiger partial charge is 0.349 e. The third-order valence-electron chi connectivity index (χ3n) is 4.77. The lowest BCUT2D eigenvalue weighted by molar-refractivity contribution is -0.127. The summed E-state index contributed by atoms with van der Waals surface area (Å²) in [5.74, 6) is -0.183. The molecule has 0 bridgehead atoms. The molecule has 2 heterocycles. The molecule has 1 aromatic carbocycles. The van der Waals surface area contributed by atoms with Gasteiger partial charge in [0.2, 0.25) is 5.91 Å². The van der Waals surface area contributed by atoms with Gasteiger partial charge in [-0.1, -0.05) is 12.5 Å². The molecule has 0 unspecified atom stereocenters. The summed E-state index contributed by atoms with van der Waals surface area (Å²) in [6.45, 7) is 2.39. The molecule has 0 saturated carbocycles. The molecule has 1 aromatic rings. The second-order valence-corrected chi connectivity index (χ2v) is 6.97. The summed E-state index contributed by atoms with van der Waals surface area (Å²) in [4.78, 5) is 28.3. The van der Waals surface area contributed by atoms with Crippen LogP contribution < -0.4 is 5.32 Å². The zero-order valence-electron chi connectivity index (χ0n) is 15.4. The van der Waals surface area contributed by atoms with Crippen molar-refractivity contribution in [2.45, 2.75) is 31.6 Å². The molecule has 7 nitrogen and oxygen atoms in total. The molecular formula is C19H27N3O4. The predicted octanol–water partition coefficient (Wildman–Crippen LogP) is 1.55. The number of amides is 2. The van der Waals surface area contributed by atoms with Gasteiger partial charge in [0.15, 0.2) is 6.29 Å². The first-order valence-electron chi connectivity index (χ1n) is 9.13. The number of ether oxygens (including phenoxy) is 2. The number of piperidine rings is 1. The van der Waals surface area contributed by atoms with Gasteiger partial charge in [-0.3, -0.25) is 14.5 Å². The summed E-state index contributed by atoms with van der Waals surface area (Å²) < 4.78 is 11.3. The maximum absolute atomic E-state index is 12.5. The number of nitrogens with zero attached hydrogens (tertiary/aromatic N) is 2. The molecule has 0 spiro atoms. The minimum atomic E-state index is -0.232. The second-order valence-electron chi connectivity index (χ2n) is 6.97. The molecular weight excluding hydrogens is 334 g/mol. The Kier molecular flexibility index (Phi) is 6.24. The molecule has 7 heteroatoms. The van der Waals surface area contributed by atoms with Crippen molar-refractivity contribution in [3.8, 4) is 0 Å². The van der Waals surface area contributed by atoms with Gasteiger partial charge in [0.25, 0.3) is 5.91 Å². The van der Waals surface area contributed by atoms with Crippen LogP contribution >= 0.6 is 0 Å². The number of carbonyl (C=O) groups excluding carboxylic acids is 2. The predicted molar refractivity (Wildman–Crippen MR) is 98.0 cm³/mol. The SMILES string of the molecule is CN(C)C(=O)c1cccc(NC(=O)CN2CCCC[C@@H]2C2OCCO2)c1. The lowest BCUT2D eigenvalue weighted by Gasteiger charge is -2.37. The Morgan fingerprint density at radius 1 is 1.23 bits per heavy atom. The highest BCUT2D eigenvalue weighted by molar-refractivity contribution is 5.97. The average Bonchev–Trinajstić information content (AvgIpc) is 3.16. The molecule has 2 amide bonds. The Hall–Kier alpha value is -1.96. The number of likely N-dealkylation sites (tertiary alicyclic amines) is 1. The van der Waals surface area contributed by atoms with Gasteiger partial charge >= 0.3 is 0 Å². The maximum Gasteiger partial charge on any atom is 0.253 e. The minimum Gasteiger partial charge on any atom is -0.349 e. The third-order valence-corrected chi connectivity index (χ3v) is 4.77. The van der Waals surface area contributed by atoms with Gasteiger partial charge in [0.1, 0.15) is 0 Å². The van der Waals surface area contributed by atoms with Gasteiger partial charge in [-0.2, -0.15) is 0 Å². The Morgan fingerprint density at radius 2 is 2.00 bits per heavy atom. The van der Waals surface area contributed by atoms with E-state index in [1.807, 2.05) is 0 Å². The molecule has 0 aromatic heterocycles. The van der Waals surface area contributed by atoms with E-state index in [4.69, 9.17) is 9.47 Å². The fraction of sp³-hybridized carbons (Fsp3) is 0.579. The van der Waals surface area contributed by atoms with Crippen LogP contribution in [0.2, 0.25) is 0 Å². The number of carbonyl (C=O) groups is 2. The summed E-state index contributed by atoms with van der Waals surface area (Å²) in [6.07, 6.45) is 2.94. The first-order valence-corrected chi connectivity index (χ1v) is 9.13. The third kappa shape index (κ3) is 4.60. The van der Waals surface area contributed by atoms with Crippen LogP contribution in [0, 0.1) is 0 Å². The van der Waals surface area contributed by atoms with Crippen LogP contribution in [0.25, 0.3) is 0 Å². The van der Waals surface area contributed by atoms with Gasteiger partial charge in [-0.25, -0.2) is 0 Å². The van der Waals surface area contributed by atoms with E-state index in [-0.39, 0.29) is 24.1 Å². The average molecular weight is 361 g/mol. The number of rotatable bonds is 5. The van der Waals surface area contributed by atoms with E-state index >= 15 is 0 Å². The van der Waals surface area contributed by atoms with Crippen LogP contribution in [0.3, 0.4) is 0 Å². The van der Waals surface area contributed by atoms with Crippen molar-refractivity contribution in [3.63, 3.8) is 0 Å². The molecule has 2 aliphatic heterocycles. The van der Waals surface area contributed by atoms with Crippen LogP contribution in [0.4, 0.5) is 5.69 Å². The molecule has 2 fully saturated rings. The van der Waals surface area contributed by atoms with Crippen molar-refractivity contribution in [2.24, 2.45) is 0 Å². The van der Waals surface area contributed by atoms with E-state index < -0.39 is 0 Å². The fourth-order valence-electron chi connectivity index (χ4n) is 3.49. The lowest BCUT2D eigenvalue weighted by Crippen LogP contribution is -2.50. The van der Waals surface area contributed by atoms with E-state index in [0.29, 0.717) is 31.0 Å². The highest BCUT2D eigenvalue weighted by Gasteiger charge is 2.34. The number of anilines is 1. The number of benzene rings is 1. The molecule has 1 N–H and O–H groups in total. The molecule has 2 saturated heterocycles. The van der Waals surface area contributed by atoms with Gasteiger partial charge < -0.3 is 19.7 Å². The Labute approximate surface area is 154 Å². The Morgan fingerprint density at radius 3 is 2.73 bits per heavy atom. The quantitative estimate of drug-likeness (QED) is 0.862. The van der Waals surface area contributed by atoms with Gasteiger partial charge in [0.05, 0.1) is 25.8 Å². The standard InChI is InChI=1S/C19H27N3O4/c1-21(2)18(24)14-6-5-7-15(12-14)20-17(23)13-22-9-4-3-8-16(22)19-25-10-11-26-19/h5-7,12,16,19H,3-4,8-11,13H2,1-2H3,(H,20,23)/t16-/m1/s1. The van der Waals surface area contributed by atoms with Crippen LogP contribution in [-0.2, 0) is 14.3 Å². The van der Waals surface area contributed by atoms with Gasteiger partial charge in [-0.05, 0) is 37.6 Å². The summed E-state index contributed by atoms with van der Waals surface area (Å²) in [6, 6.07) is 7.14. The number of nitrogens with one attached hydrogen (secondary N) is 1. The summed E-state index contributed by atoms with van der Waals surface area (Å²) in [7, 11) is 3.41. The topological polar surface area (TPSA) is 71.1 Å². The maximum atomic E-state index is 12.5. The summed E-state index contributed by atoms with van der Waals surface area (Å²) in [5, 5.41) is 2.90. The van der Waals surface area contributed by atoms with E-state index in [1.165, 1.54) is 4.90 Å². The molecule has 3 rings (SSSR count). The van der Waals surface area contributed by atoms with Crippen molar-refractivity contribution in [2.75, 3.05) is 45.7 Å². The Balaban J connectivity index is 1.61. The molecule has 0 aliphatic carbocycles. The molecule has 1 atom stereocenters. The smallest absolute Gasteiger partial charge is 0.253 e. The monoisotopic (exact) mass is 361 g/mol. The lowest BCUT2D eigenvalue weighted by atomic mass is 10.0. The highest BCUT2D eigenvalue weighted by Crippen LogP contribution is 2.24. The highest BCUT2D eigenvalue weighted by atomic mass is 16.7. The van der Waals surface area contributed by atoms with Crippen LogP contribution in [0.15, 0.2) is 24.3 Å². The number of hydrogen-bond acceptors (Lipinski definition) is 5. The Bertz CT molecular complexity index is 643. The first-order chi connectivity index (χ1) is 12.5. The second kappa shape index (κ2) is 8.62. The zero-order chi connectivity index (χ0) is 18.5. The van der Waals surface area contributed by atoms with Gasteiger partial charge in [-0.15, -0.1) is 0 Å². The summed E-state index contributed by atoms with van der Waals surface area (Å²) in [5.41, 5.74) is 1.18. The van der Waals surface area contributed by atoms with Crippen molar-refractivity contribution < 1.29 is 19.1 Å². The normalized spacial score (nSPS) is 21.5. The van der Waals surface area contributed by atoms with Crippen LogP contribution in [-0.4, -0.2) is 74.3 Å². The van der Waals surface area contributed by atoms with Crippen LogP contribution in [0.5, 0.6) is 0 Å². The molecule has 2 aliphatic rings. The van der Waals surface area contributed by atoms with E-state index in [9.17, 15) is 9.59 Å². The fourth-order valence-corrected chi connectivity index (χ4v) is 3.49. The van der Waals surface area contributed by atoms with Crippen molar-refractivity contribution in [3.05, 3.63) is 29.8 Å². The summed E-state index contributed by atoms with van der Waals surface area (Å²) >= 11 is 0. The van der Waals surface area contributed by atoms with Crippen molar-refractivity contribution in [1.82, 2.24) is 9.80 Å². The molecule has 142 valence electrons. The van der Waals surface area contributed by atoms with Crippen molar-refractivity contribution in [1.29, 1.82) is 0 Å².